The van der Waals surface area contributed by atoms with E-state index >= 15 is 0 Å². The van der Waals surface area contributed by atoms with Crippen LogP contribution < -0.4 is 16.0 Å². The van der Waals surface area contributed by atoms with Crippen molar-refractivity contribution in [3.8, 4) is 0 Å². The molecule has 1 aliphatic heterocycles. The van der Waals surface area contributed by atoms with Crippen molar-refractivity contribution in [2.75, 3.05) is 26.2 Å². The first-order valence-electron chi connectivity index (χ1n) is 3.98. The first-order valence-corrected chi connectivity index (χ1v) is 3.98. The van der Waals surface area contributed by atoms with E-state index in [-0.39, 0.29) is 0 Å². The number of nitrogens with two attached hydrogens (primary N) is 1. The molecule has 0 aromatic carbocycles. The minimum atomic E-state index is 0.708. The minimum Gasteiger partial charge on any atom is -0.478 e. The van der Waals surface area contributed by atoms with Crippen molar-refractivity contribution in [3.63, 3.8) is 0 Å². The summed E-state index contributed by atoms with van der Waals surface area (Å²) in [4.78, 5) is 0. The fourth-order valence-corrected chi connectivity index (χ4v) is 1.22. The van der Waals surface area contributed by atoms with E-state index in [1.54, 1.807) is 0 Å². The van der Waals surface area contributed by atoms with E-state index < -0.39 is 0 Å². The van der Waals surface area contributed by atoms with Crippen LogP contribution in [0.5, 0.6) is 0 Å². The van der Waals surface area contributed by atoms with E-state index in [2.05, 4.69) is 17.7 Å². The van der Waals surface area contributed by atoms with Crippen molar-refractivity contribution in [3.05, 3.63) is 7.05 Å². The summed E-state index contributed by atoms with van der Waals surface area (Å²) in [6.45, 7) is 4.47. The zero-order chi connectivity index (χ0) is 7.23. The highest BCUT2D eigenvalue weighted by Crippen LogP contribution is 1.94. The molecule has 3 heteroatoms. The summed E-state index contributed by atoms with van der Waals surface area (Å²) in [5.74, 6) is 0. The van der Waals surface area contributed by atoms with Gasteiger partial charge >= 0.3 is 0 Å². The molecule has 0 amide bonds. The van der Waals surface area contributed by atoms with Crippen LogP contribution >= 0.6 is 0 Å². The highest BCUT2D eigenvalue weighted by molar-refractivity contribution is 4.76. The molecule has 1 rings (SSSR count). The predicted octanol–water partition coefficient (Wildman–Crippen LogP) is -1.71. The van der Waals surface area contributed by atoms with Gasteiger partial charge < -0.3 is 16.0 Å². The first kappa shape index (κ1) is 7.98. The van der Waals surface area contributed by atoms with Crippen molar-refractivity contribution < 1.29 is 5.32 Å². The maximum Gasteiger partial charge on any atom is 0.0642 e. The Bertz CT molecular complexity index is 78.9. The summed E-state index contributed by atoms with van der Waals surface area (Å²) in [6.07, 6.45) is 1.27. The van der Waals surface area contributed by atoms with Gasteiger partial charge in [-0.15, -0.1) is 0 Å². The van der Waals surface area contributed by atoms with Gasteiger partial charge in [0.2, 0.25) is 0 Å². The van der Waals surface area contributed by atoms with E-state index in [9.17, 15) is 0 Å². The van der Waals surface area contributed by atoms with Crippen molar-refractivity contribution in [1.82, 2.24) is 10.6 Å². The van der Waals surface area contributed by atoms with E-state index in [0.717, 1.165) is 19.6 Å². The lowest BCUT2D eigenvalue weighted by Crippen LogP contribution is -2.78. The number of quaternary nitrogens is 1. The van der Waals surface area contributed by atoms with E-state index in [0.29, 0.717) is 6.04 Å². The number of nitrogens with one attached hydrogen (secondary N) is 2. The van der Waals surface area contributed by atoms with Crippen LogP contribution in [0.3, 0.4) is 0 Å². The third kappa shape index (κ3) is 2.64. The van der Waals surface area contributed by atoms with Crippen LogP contribution in [0.1, 0.15) is 6.42 Å². The molecule has 1 atom stereocenters. The third-order valence-corrected chi connectivity index (χ3v) is 1.84. The van der Waals surface area contributed by atoms with E-state index in [1.165, 1.54) is 13.0 Å². The second kappa shape index (κ2) is 4.66. The van der Waals surface area contributed by atoms with E-state index in [4.69, 9.17) is 0 Å². The average Bonchev–Trinajstić information content (AvgIpc) is 2.41. The van der Waals surface area contributed by atoms with Gasteiger partial charge in [-0.3, -0.25) is 0 Å². The smallest absolute Gasteiger partial charge is 0.0642 e. The summed E-state index contributed by atoms with van der Waals surface area (Å²) in [7, 11) is 3.67. The molecule has 0 bridgehead atoms. The van der Waals surface area contributed by atoms with Crippen molar-refractivity contribution >= 4 is 0 Å². The zero-order valence-electron chi connectivity index (χ0n) is 6.40. The number of rotatable bonds is 4. The molecule has 3 nitrogen and oxygen atoms in total. The SMILES string of the molecule is [CH2-][NH2+]CCN[C@H]1CCNC1. The molecule has 1 saturated heterocycles. The van der Waals surface area contributed by atoms with Gasteiger partial charge in [-0.2, -0.15) is 7.05 Å². The molecule has 60 valence electrons. The normalized spacial score (nSPS) is 25.5. The van der Waals surface area contributed by atoms with Crippen LogP contribution in [-0.4, -0.2) is 32.2 Å². The Morgan fingerprint density at radius 3 is 3.20 bits per heavy atom. The highest BCUT2D eigenvalue weighted by Gasteiger charge is 2.12. The van der Waals surface area contributed by atoms with Gasteiger partial charge in [-0.05, 0) is 13.0 Å². The topological polar surface area (TPSA) is 40.7 Å². The molecule has 1 fully saturated rings. The molecule has 1 aliphatic rings. The lowest BCUT2D eigenvalue weighted by molar-refractivity contribution is -0.593. The molecule has 0 aromatic rings. The van der Waals surface area contributed by atoms with Crippen LogP contribution in [0.2, 0.25) is 0 Å². The van der Waals surface area contributed by atoms with Crippen molar-refractivity contribution in [2.24, 2.45) is 0 Å². The Morgan fingerprint density at radius 2 is 2.60 bits per heavy atom. The van der Waals surface area contributed by atoms with Crippen LogP contribution in [0.15, 0.2) is 0 Å². The lowest BCUT2D eigenvalue weighted by atomic mass is 10.2. The van der Waals surface area contributed by atoms with Crippen LogP contribution in [0.4, 0.5) is 0 Å². The van der Waals surface area contributed by atoms with Crippen LogP contribution in [-0.2, 0) is 0 Å². The number of hydrogen-bond acceptors (Lipinski definition) is 2. The first-order chi connectivity index (χ1) is 4.93. The molecule has 0 aromatic heterocycles. The minimum absolute atomic E-state index is 0.708. The van der Waals surface area contributed by atoms with Gasteiger partial charge in [0.25, 0.3) is 0 Å². The number of hydrogen-bond donors (Lipinski definition) is 3. The van der Waals surface area contributed by atoms with Gasteiger partial charge in [0, 0.05) is 19.1 Å². The fourth-order valence-electron chi connectivity index (χ4n) is 1.22. The van der Waals surface area contributed by atoms with Gasteiger partial charge in [-0.25, -0.2) is 0 Å². The standard InChI is InChI=1S/C7H17N3/c1-8-4-5-10-7-2-3-9-6-7/h7,9-10H,1-6,8H2/t7-/m0/s1. The summed E-state index contributed by atoms with van der Waals surface area (Å²) in [5, 5.41) is 8.71. The molecular formula is C7H17N3. The maximum atomic E-state index is 3.67. The summed E-state index contributed by atoms with van der Waals surface area (Å²) >= 11 is 0. The Hall–Kier alpha value is -0.120. The molecule has 0 radical (unpaired) electrons. The Balaban J connectivity index is 1.91. The fraction of sp³-hybridized carbons (Fsp3) is 0.857. The van der Waals surface area contributed by atoms with E-state index in [1.807, 2.05) is 5.32 Å². The molecular weight excluding hydrogens is 126 g/mol. The van der Waals surface area contributed by atoms with Gasteiger partial charge in [0.05, 0.1) is 6.54 Å². The summed E-state index contributed by atoms with van der Waals surface area (Å²) in [5.41, 5.74) is 0. The second-order valence-corrected chi connectivity index (χ2v) is 2.72. The van der Waals surface area contributed by atoms with Gasteiger partial charge in [0.15, 0.2) is 0 Å². The highest BCUT2D eigenvalue weighted by atomic mass is 15.0. The Kier molecular flexibility index (Phi) is 3.72. The molecule has 10 heavy (non-hydrogen) atoms. The Labute approximate surface area is 62.6 Å². The van der Waals surface area contributed by atoms with Crippen molar-refractivity contribution in [1.29, 1.82) is 0 Å². The predicted molar refractivity (Wildman–Crippen MR) is 41.4 cm³/mol. The summed E-state index contributed by atoms with van der Waals surface area (Å²) in [6, 6.07) is 0.708. The molecule has 0 aliphatic carbocycles. The van der Waals surface area contributed by atoms with Crippen LogP contribution in [0.25, 0.3) is 0 Å². The Morgan fingerprint density at radius 1 is 1.70 bits per heavy atom. The van der Waals surface area contributed by atoms with Gasteiger partial charge in [-0.1, -0.05) is 0 Å². The third-order valence-electron chi connectivity index (χ3n) is 1.84. The quantitative estimate of drug-likeness (QED) is 0.324. The zero-order valence-corrected chi connectivity index (χ0v) is 6.40. The molecule has 1 heterocycles. The molecule has 0 unspecified atom stereocenters. The molecule has 0 spiro atoms. The summed E-state index contributed by atoms with van der Waals surface area (Å²) < 4.78 is 0. The maximum absolute atomic E-state index is 3.67. The van der Waals surface area contributed by atoms with Crippen molar-refractivity contribution in [2.45, 2.75) is 12.5 Å². The van der Waals surface area contributed by atoms with Crippen LogP contribution in [0, 0.1) is 7.05 Å². The molecule has 4 N–H and O–H groups in total. The van der Waals surface area contributed by atoms with Gasteiger partial charge in [0.1, 0.15) is 0 Å². The monoisotopic (exact) mass is 143 g/mol. The second-order valence-electron chi connectivity index (χ2n) is 2.72. The average molecular weight is 143 g/mol. The molecule has 0 saturated carbocycles. The lowest BCUT2D eigenvalue weighted by Gasteiger charge is -2.09. The largest absolute Gasteiger partial charge is 0.478 e.